The molecule has 0 amide bonds. The van der Waals surface area contributed by atoms with Crippen molar-refractivity contribution in [2.75, 3.05) is 6.61 Å². The van der Waals surface area contributed by atoms with Gasteiger partial charge in [0.1, 0.15) is 0 Å². The van der Waals surface area contributed by atoms with Crippen LogP contribution >= 0.6 is 0 Å². The Kier molecular flexibility index (Phi) is 4.58. The number of hydrogen-bond acceptors (Lipinski definition) is 2. The lowest BCUT2D eigenvalue weighted by atomic mass is 10.1. The Morgan fingerprint density at radius 2 is 2.00 bits per heavy atom. The second-order valence-electron chi connectivity index (χ2n) is 2.15. The molecule has 5 heteroatoms. The number of hydrogen-bond donors (Lipinski definition) is 2. The van der Waals surface area contributed by atoms with Gasteiger partial charge in [-0.1, -0.05) is 6.08 Å². The van der Waals surface area contributed by atoms with E-state index in [2.05, 4.69) is 0 Å². The minimum absolute atomic E-state index is 0.0470. The van der Waals surface area contributed by atoms with Gasteiger partial charge in [0.05, 0.1) is 6.61 Å². The maximum atomic E-state index is 12.0. The van der Waals surface area contributed by atoms with E-state index >= 15 is 0 Å². The van der Waals surface area contributed by atoms with Crippen LogP contribution in [0, 0.1) is 5.41 Å². The summed E-state index contributed by atoms with van der Waals surface area (Å²) in [5.41, 5.74) is -0.770. The van der Waals surface area contributed by atoms with Crippen LogP contribution in [0.1, 0.15) is 12.8 Å². The van der Waals surface area contributed by atoms with Gasteiger partial charge in [0.25, 0.3) is 0 Å². The van der Waals surface area contributed by atoms with E-state index < -0.39 is 18.4 Å². The molecule has 0 aromatic carbocycles. The molecule has 2 nitrogen and oxygen atoms in total. The van der Waals surface area contributed by atoms with E-state index in [1.54, 1.807) is 0 Å². The monoisotopic (exact) mass is 181 g/mol. The second kappa shape index (κ2) is 4.92. The van der Waals surface area contributed by atoms with Gasteiger partial charge in [-0.25, -0.2) is 0 Å². The molecule has 0 aromatic rings. The molecule has 2 N–H and O–H groups in total. The highest BCUT2D eigenvalue weighted by Gasteiger charge is 2.32. The molecule has 0 fully saturated rings. The Morgan fingerprint density at radius 3 is 2.33 bits per heavy atom. The van der Waals surface area contributed by atoms with E-state index in [9.17, 15) is 13.2 Å². The molecule has 0 bridgehead atoms. The molecule has 0 saturated carbocycles. The molecular weight excluding hydrogens is 171 g/mol. The summed E-state index contributed by atoms with van der Waals surface area (Å²) in [7, 11) is 0. The van der Waals surface area contributed by atoms with Gasteiger partial charge in [0, 0.05) is 5.57 Å². The zero-order valence-electron chi connectivity index (χ0n) is 6.36. The van der Waals surface area contributed by atoms with Gasteiger partial charge < -0.3 is 10.5 Å². The van der Waals surface area contributed by atoms with Crippen molar-refractivity contribution in [2.24, 2.45) is 0 Å². The predicted molar refractivity (Wildman–Crippen MR) is 39.2 cm³/mol. The molecule has 0 radical (unpaired) electrons. The Balaban J connectivity index is 4.24. The van der Waals surface area contributed by atoms with Crippen molar-refractivity contribution >= 4 is 6.21 Å². The van der Waals surface area contributed by atoms with Crippen LogP contribution in [-0.4, -0.2) is 24.1 Å². The van der Waals surface area contributed by atoms with Crippen molar-refractivity contribution in [1.29, 1.82) is 5.41 Å². The molecule has 0 aromatic heterocycles. The van der Waals surface area contributed by atoms with Crippen molar-refractivity contribution < 1.29 is 18.3 Å². The molecule has 70 valence electrons. The van der Waals surface area contributed by atoms with Gasteiger partial charge in [0.2, 0.25) is 0 Å². The van der Waals surface area contributed by atoms with Crippen LogP contribution in [0.25, 0.3) is 0 Å². The molecular formula is C7H10F3NO. The first-order valence-electron chi connectivity index (χ1n) is 3.38. The standard InChI is InChI=1S/C7H10F3NO/c8-7(9,10)6(3-5-12)2-1-4-11/h3-4,11-12H,1-2,5H2. The minimum atomic E-state index is -4.38. The molecule has 0 heterocycles. The number of allylic oxidation sites excluding steroid dienone is 1. The Labute approximate surface area is 68.2 Å². The van der Waals surface area contributed by atoms with E-state index in [1.165, 1.54) is 0 Å². The summed E-state index contributed by atoms with van der Waals surface area (Å²) >= 11 is 0. The highest BCUT2D eigenvalue weighted by atomic mass is 19.4. The number of halogens is 3. The highest BCUT2D eigenvalue weighted by Crippen LogP contribution is 2.28. The maximum absolute atomic E-state index is 12.0. The van der Waals surface area contributed by atoms with Crippen LogP contribution in [0.2, 0.25) is 0 Å². The third-order valence-corrected chi connectivity index (χ3v) is 1.26. The highest BCUT2D eigenvalue weighted by molar-refractivity contribution is 5.53. The molecule has 12 heavy (non-hydrogen) atoms. The van der Waals surface area contributed by atoms with Crippen LogP contribution in [0.15, 0.2) is 11.6 Å². The van der Waals surface area contributed by atoms with E-state index in [0.717, 1.165) is 12.3 Å². The Morgan fingerprint density at radius 1 is 1.42 bits per heavy atom. The third-order valence-electron chi connectivity index (χ3n) is 1.26. The molecule has 0 aliphatic carbocycles. The van der Waals surface area contributed by atoms with Crippen LogP contribution in [0.5, 0.6) is 0 Å². The van der Waals surface area contributed by atoms with Crippen LogP contribution in [0.4, 0.5) is 13.2 Å². The van der Waals surface area contributed by atoms with Gasteiger partial charge in [-0.3, -0.25) is 0 Å². The van der Waals surface area contributed by atoms with E-state index in [4.69, 9.17) is 10.5 Å². The molecule has 0 atom stereocenters. The normalized spacial score (nSPS) is 13.2. The second-order valence-corrected chi connectivity index (χ2v) is 2.15. The topological polar surface area (TPSA) is 44.1 Å². The number of aliphatic hydroxyl groups is 1. The summed E-state index contributed by atoms with van der Waals surface area (Å²) in [6, 6.07) is 0. The summed E-state index contributed by atoms with van der Waals surface area (Å²) in [6.07, 6.45) is -2.94. The number of nitrogens with one attached hydrogen (secondary N) is 1. The fourth-order valence-corrected chi connectivity index (χ4v) is 0.697. The zero-order chi connectivity index (χ0) is 9.61. The Hall–Kier alpha value is -0.840. The van der Waals surface area contributed by atoms with E-state index in [0.29, 0.717) is 0 Å². The van der Waals surface area contributed by atoms with Crippen molar-refractivity contribution in [3.8, 4) is 0 Å². The summed E-state index contributed by atoms with van der Waals surface area (Å²) in [4.78, 5) is 0. The first-order valence-corrected chi connectivity index (χ1v) is 3.38. The fraction of sp³-hybridized carbons (Fsp3) is 0.571. The van der Waals surface area contributed by atoms with Crippen molar-refractivity contribution in [2.45, 2.75) is 19.0 Å². The summed E-state index contributed by atoms with van der Waals surface area (Å²) in [5, 5.41) is 14.8. The molecule has 0 unspecified atom stereocenters. The number of aliphatic hydroxyl groups excluding tert-OH is 1. The number of alkyl halides is 3. The average molecular weight is 181 g/mol. The lowest BCUT2D eigenvalue weighted by Gasteiger charge is -2.09. The summed E-state index contributed by atoms with van der Waals surface area (Å²) < 4.78 is 35.9. The van der Waals surface area contributed by atoms with E-state index in [1.807, 2.05) is 0 Å². The van der Waals surface area contributed by atoms with Gasteiger partial charge in [-0.05, 0) is 19.1 Å². The third kappa shape index (κ3) is 4.12. The van der Waals surface area contributed by atoms with Gasteiger partial charge in [-0.2, -0.15) is 13.2 Å². The molecule has 0 aliphatic heterocycles. The number of rotatable bonds is 4. The smallest absolute Gasteiger partial charge is 0.392 e. The van der Waals surface area contributed by atoms with Crippen LogP contribution < -0.4 is 0 Å². The lowest BCUT2D eigenvalue weighted by molar-refractivity contribution is -0.0942. The predicted octanol–water partition coefficient (Wildman–Crippen LogP) is 1.90. The van der Waals surface area contributed by atoms with Crippen molar-refractivity contribution in [3.63, 3.8) is 0 Å². The fourth-order valence-electron chi connectivity index (χ4n) is 0.697. The summed E-state index contributed by atoms with van der Waals surface area (Å²) in [6.45, 7) is -0.618. The first-order chi connectivity index (χ1) is 5.52. The molecule has 0 spiro atoms. The van der Waals surface area contributed by atoms with Gasteiger partial charge >= 0.3 is 6.18 Å². The SMILES string of the molecule is N=CCCC(=CCO)C(F)(F)F. The van der Waals surface area contributed by atoms with Crippen molar-refractivity contribution in [1.82, 2.24) is 0 Å². The van der Waals surface area contributed by atoms with Gasteiger partial charge in [-0.15, -0.1) is 0 Å². The molecule has 0 aliphatic rings. The van der Waals surface area contributed by atoms with Crippen LogP contribution in [0.3, 0.4) is 0 Å². The first kappa shape index (κ1) is 11.2. The molecule has 0 rings (SSSR count). The van der Waals surface area contributed by atoms with E-state index in [-0.39, 0.29) is 12.8 Å². The average Bonchev–Trinajstić information content (AvgIpc) is 1.95. The largest absolute Gasteiger partial charge is 0.412 e. The van der Waals surface area contributed by atoms with Crippen LogP contribution in [-0.2, 0) is 0 Å². The quantitative estimate of drug-likeness (QED) is 0.504. The Bertz CT molecular complexity index is 174. The lowest BCUT2D eigenvalue weighted by Crippen LogP contribution is -2.12. The zero-order valence-corrected chi connectivity index (χ0v) is 6.36. The maximum Gasteiger partial charge on any atom is 0.412 e. The summed E-state index contributed by atoms with van der Waals surface area (Å²) in [5.74, 6) is 0. The molecule has 0 saturated heterocycles. The van der Waals surface area contributed by atoms with Gasteiger partial charge in [0.15, 0.2) is 0 Å². The van der Waals surface area contributed by atoms with Crippen molar-refractivity contribution in [3.05, 3.63) is 11.6 Å². The minimum Gasteiger partial charge on any atom is -0.392 e.